The van der Waals surface area contributed by atoms with E-state index in [4.69, 9.17) is 4.74 Å². The second-order valence-corrected chi connectivity index (χ2v) is 8.87. The molecule has 6 nitrogen and oxygen atoms in total. The predicted molar refractivity (Wildman–Crippen MR) is 122 cm³/mol. The zero-order chi connectivity index (χ0) is 22.2. The fraction of sp³-hybridized carbons (Fsp3) is 0.292. The third kappa shape index (κ3) is 4.18. The van der Waals surface area contributed by atoms with Gasteiger partial charge in [-0.15, -0.1) is 0 Å². The smallest absolute Gasteiger partial charge is 0.411 e. The molecule has 2 aromatic carbocycles. The van der Waals surface area contributed by atoms with Gasteiger partial charge < -0.3 is 9.84 Å². The number of carboxylic acid groups (broad SMARTS) is 1. The topological polar surface area (TPSA) is 88.5 Å². The van der Waals surface area contributed by atoms with Crippen molar-refractivity contribution in [2.75, 3.05) is 5.32 Å². The van der Waals surface area contributed by atoms with Gasteiger partial charge in [-0.3, -0.25) is 10.1 Å². The summed E-state index contributed by atoms with van der Waals surface area (Å²) < 4.78 is 9.57. The average molecular weight is 437 g/mol. The lowest BCUT2D eigenvalue weighted by atomic mass is 9.93. The molecule has 0 aliphatic heterocycles. The van der Waals surface area contributed by atoms with Crippen LogP contribution < -0.4 is 5.32 Å². The van der Waals surface area contributed by atoms with Gasteiger partial charge in [0, 0.05) is 0 Å². The minimum atomic E-state index is -0.744. The number of carbonyl (C=O) groups is 2. The van der Waals surface area contributed by atoms with Crippen molar-refractivity contribution in [3.05, 3.63) is 59.8 Å². The first kappa shape index (κ1) is 21.1. The molecule has 0 atom stereocenters. The molecule has 1 fully saturated rings. The Hall–Kier alpha value is -3.19. The summed E-state index contributed by atoms with van der Waals surface area (Å²) in [6.07, 6.45) is 0.703. The zero-order valence-electron chi connectivity index (χ0n) is 17.6. The maximum Gasteiger partial charge on any atom is 0.411 e. The lowest BCUT2D eigenvalue weighted by molar-refractivity contribution is -0.140. The number of aliphatic carboxylic acids is 1. The number of benzene rings is 2. The maximum atomic E-state index is 12.0. The van der Waals surface area contributed by atoms with Crippen molar-refractivity contribution in [1.29, 1.82) is 0 Å². The van der Waals surface area contributed by atoms with E-state index >= 15 is 0 Å². The Labute approximate surface area is 185 Å². The number of aromatic nitrogens is 1. The van der Waals surface area contributed by atoms with Gasteiger partial charge in [0.15, 0.2) is 0 Å². The number of nitrogens with zero attached hydrogens (tertiary/aromatic N) is 1. The third-order valence-electron chi connectivity index (χ3n) is 5.51. The highest BCUT2D eigenvalue weighted by atomic mass is 32.1. The van der Waals surface area contributed by atoms with Gasteiger partial charge in [0.25, 0.3) is 0 Å². The molecule has 160 valence electrons. The first-order valence-corrected chi connectivity index (χ1v) is 11.0. The third-order valence-corrected chi connectivity index (χ3v) is 6.50. The predicted octanol–water partition coefficient (Wildman–Crippen LogP) is 5.86. The summed E-state index contributed by atoms with van der Waals surface area (Å²) in [7, 11) is 0. The van der Waals surface area contributed by atoms with Gasteiger partial charge in [-0.25, -0.2) is 4.79 Å². The van der Waals surface area contributed by atoms with Gasteiger partial charge in [-0.2, -0.15) is 4.37 Å². The number of anilines is 1. The number of nitrogens with one attached hydrogen (secondary N) is 1. The molecule has 1 aromatic heterocycles. The highest BCUT2D eigenvalue weighted by Gasteiger charge is 2.51. The molecule has 1 saturated carbocycles. The summed E-state index contributed by atoms with van der Waals surface area (Å²) in [6.45, 7) is 5.46. The number of amides is 1. The first-order chi connectivity index (χ1) is 14.8. The number of hydrogen-bond acceptors (Lipinski definition) is 5. The number of carbonyl (C=O) groups excluding carboxylic acids is 1. The van der Waals surface area contributed by atoms with Crippen LogP contribution in [0.15, 0.2) is 48.5 Å². The zero-order valence-corrected chi connectivity index (χ0v) is 18.5. The molecule has 1 aliphatic rings. The molecule has 31 heavy (non-hydrogen) atoms. The van der Waals surface area contributed by atoms with E-state index in [2.05, 4.69) is 9.69 Å². The average Bonchev–Trinajstić information content (AvgIpc) is 3.48. The van der Waals surface area contributed by atoms with Crippen LogP contribution in [0.5, 0.6) is 0 Å². The lowest BCUT2D eigenvalue weighted by Gasteiger charge is -2.12. The van der Waals surface area contributed by atoms with Crippen LogP contribution in [-0.2, 0) is 14.9 Å². The highest BCUT2D eigenvalue weighted by molar-refractivity contribution is 7.10. The largest absolute Gasteiger partial charge is 0.481 e. The summed E-state index contributed by atoms with van der Waals surface area (Å²) in [5, 5.41) is 12.3. The van der Waals surface area contributed by atoms with Crippen LogP contribution in [0.3, 0.4) is 0 Å². The molecule has 2 N–H and O–H groups in total. The summed E-state index contributed by atoms with van der Waals surface area (Å²) in [5.41, 5.74) is 4.59. The summed E-state index contributed by atoms with van der Waals surface area (Å²) in [5.74, 6) is -0.744. The molecule has 0 radical (unpaired) electrons. The quantitative estimate of drug-likeness (QED) is 0.505. The van der Waals surface area contributed by atoms with Crippen LogP contribution in [-0.4, -0.2) is 27.6 Å². The van der Waals surface area contributed by atoms with Gasteiger partial charge in [-0.1, -0.05) is 48.5 Å². The number of hydrogen-bond donors (Lipinski definition) is 2. The number of ether oxygens (including phenoxy) is 1. The molecular weight excluding hydrogens is 412 g/mol. The summed E-state index contributed by atoms with van der Waals surface area (Å²) >= 11 is 1.33. The second kappa shape index (κ2) is 8.15. The number of rotatable bonds is 6. The standard InChI is InChI=1S/C24H24N2O4S/c1-14(2)30-23(29)25-20-15(3)26-31-21(20)18-6-4-16(5-7-18)17-8-10-19(11-9-17)24(12-13-24)22(27)28/h4-11,14H,12-13H2,1-3H3,(H,25,29)(H,27,28). The van der Waals surface area contributed by atoms with E-state index in [-0.39, 0.29) is 6.10 Å². The van der Waals surface area contributed by atoms with Gasteiger partial charge in [0.2, 0.25) is 0 Å². The van der Waals surface area contributed by atoms with Crippen molar-refractivity contribution in [3.8, 4) is 21.6 Å². The Morgan fingerprint density at radius 2 is 1.58 bits per heavy atom. The Morgan fingerprint density at radius 3 is 2.10 bits per heavy atom. The summed E-state index contributed by atoms with van der Waals surface area (Å²) in [4.78, 5) is 24.4. The molecule has 7 heteroatoms. The van der Waals surface area contributed by atoms with Crippen LogP contribution >= 0.6 is 11.5 Å². The monoisotopic (exact) mass is 436 g/mol. The maximum absolute atomic E-state index is 12.0. The minimum absolute atomic E-state index is 0.202. The van der Waals surface area contributed by atoms with Crippen molar-refractivity contribution < 1.29 is 19.4 Å². The van der Waals surface area contributed by atoms with E-state index in [1.165, 1.54) is 11.5 Å². The van der Waals surface area contributed by atoms with E-state index in [0.29, 0.717) is 18.5 Å². The van der Waals surface area contributed by atoms with Crippen LogP contribution in [0.1, 0.15) is 37.9 Å². The molecule has 1 aliphatic carbocycles. The fourth-order valence-corrected chi connectivity index (χ4v) is 4.46. The Bertz CT molecular complexity index is 1110. The molecule has 0 bridgehead atoms. The summed E-state index contributed by atoms with van der Waals surface area (Å²) in [6, 6.07) is 15.8. The van der Waals surface area contributed by atoms with Crippen LogP contribution in [0.25, 0.3) is 21.6 Å². The minimum Gasteiger partial charge on any atom is -0.481 e. The van der Waals surface area contributed by atoms with Crippen molar-refractivity contribution in [2.24, 2.45) is 0 Å². The number of carboxylic acids is 1. The first-order valence-electron chi connectivity index (χ1n) is 10.2. The Kier molecular flexibility index (Phi) is 5.54. The van der Waals surface area contributed by atoms with Crippen LogP contribution in [0.2, 0.25) is 0 Å². The van der Waals surface area contributed by atoms with Crippen LogP contribution in [0, 0.1) is 6.92 Å². The number of aryl methyl sites for hydroxylation is 1. The molecule has 4 rings (SSSR count). The van der Waals surface area contributed by atoms with Crippen molar-refractivity contribution >= 4 is 29.3 Å². The van der Waals surface area contributed by atoms with Gasteiger partial charge in [0.05, 0.1) is 27.8 Å². The molecule has 1 heterocycles. The Balaban J connectivity index is 1.54. The molecular formula is C24H24N2O4S. The van der Waals surface area contributed by atoms with E-state index in [0.717, 1.165) is 32.8 Å². The highest BCUT2D eigenvalue weighted by Crippen LogP contribution is 2.48. The Morgan fingerprint density at radius 1 is 1.03 bits per heavy atom. The van der Waals surface area contributed by atoms with Crippen molar-refractivity contribution in [1.82, 2.24) is 4.37 Å². The molecule has 0 unspecified atom stereocenters. The molecule has 0 spiro atoms. The van der Waals surface area contributed by atoms with Gasteiger partial charge in [-0.05, 0) is 67.4 Å². The normalized spacial score (nSPS) is 14.3. The fourth-order valence-electron chi connectivity index (χ4n) is 3.61. The van der Waals surface area contributed by atoms with E-state index in [9.17, 15) is 14.7 Å². The van der Waals surface area contributed by atoms with E-state index < -0.39 is 17.5 Å². The molecule has 3 aromatic rings. The molecule has 1 amide bonds. The second-order valence-electron chi connectivity index (χ2n) is 8.09. The van der Waals surface area contributed by atoms with Gasteiger partial charge >= 0.3 is 12.1 Å². The molecule has 0 saturated heterocycles. The van der Waals surface area contributed by atoms with Crippen molar-refractivity contribution in [3.63, 3.8) is 0 Å². The van der Waals surface area contributed by atoms with Crippen LogP contribution in [0.4, 0.5) is 10.5 Å². The SMILES string of the molecule is Cc1nsc(-c2ccc(-c3ccc(C4(C(=O)O)CC4)cc3)cc2)c1NC(=O)OC(C)C. The van der Waals surface area contributed by atoms with E-state index in [1.54, 1.807) is 13.8 Å². The van der Waals surface area contributed by atoms with Gasteiger partial charge in [0.1, 0.15) is 0 Å². The lowest BCUT2D eigenvalue weighted by Crippen LogP contribution is -2.19. The van der Waals surface area contributed by atoms with Crippen molar-refractivity contribution in [2.45, 2.75) is 45.1 Å². The van der Waals surface area contributed by atoms with E-state index in [1.807, 2.05) is 55.5 Å².